The number of aromatic nitrogens is 1. The maximum absolute atomic E-state index is 14.5. The van der Waals surface area contributed by atoms with E-state index in [0.29, 0.717) is 17.0 Å². The normalized spacial score (nSPS) is 15.6. The average molecular weight is 381 g/mol. The minimum absolute atomic E-state index is 0.235. The SMILES string of the molecule is Cc1cc(=O)c(C(=O)O)c2n1-c1ccccc1S[C@H](c1ccccc1F)C2. The topological polar surface area (TPSA) is 59.3 Å². The Hall–Kier alpha value is -2.86. The third kappa shape index (κ3) is 2.96. The van der Waals surface area contributed by atoms with E-state index >= 15 is 0 Å². The first-order chi connectivity index (χ1) is 13.0. The van der Waals surface area contributed by atoms with Gasteiger partial charge in [-0.25, -0.2) is 9.18 Å². The van der Waals surface area contributed by atoms with Crippen molar-refractivity contribution in [3.63, 3.8) is 0 Å². The Morgan fingerprint density at radius 2 is 1.89 bits per heavy atom. The number of halogens is 1. The van der Waals surface area contributed by atoms with Gasteiger partial charge in [0.2, 0.25) is 0 Å². The van der Waals surface area contributed by atoms with Crippen molar-refractivity contribution in [2.45, 2.75) is 23.5 Å². The molecule has 0 amide bonds. The van der Waals surface area contributed by atoms with Gasteiger partial charge in [-0.2, -0.15) is 0 Å². The molecule has 0 bridgehead atoms. The minimum atomic E-state index is -1.26. The van der Waals surface area contributed by atoms with Gasteiger partial charge in [0.25, 0.3) is 0 Å². The summed E-state index contributed by atoms with van der Waals surface area (Å²) in [5.41, 5.74) is 1.58. The second-order valence-electron chi connectivity index (χ2n) is 6.41. The Labute approximate surface area is 159 Å². The van der Waals surface area contributed by atoms with Crippen molar-refractivity contribution in [2.75, 3.05) is 0 Å². The zero-order valence-corrected chi connectivity index (χ0v) is 15.3. The van der Waals surface area contributed by atoms with E-state index in [1.54, 1.807) is 25.1 Å². The highest BCUT2D eigenvalue weighted by Gasteiger charge is 2.29. The second-order valence-corrected chi connectivity index (χ2v) is 7.66. The van der Waals surface area contributed by atoms with E-state index in [0.717, 1.165) is 10.6 Å². The molecule has 2 aromatic carbocycles. The Kier molecular flexibility index (Phi) is 4.36. The van der Waals surface area contributed by atoms with Crippen LogP contribution in [0.3, 0.4) is 0 Å². The standard InChI is InChI=1S/C21H16FNO3S/c1-12-10-17(24)20(21(25)26)16-11-19(13-6-2-3-7-14(13)22)27-18-9-5-4-8-15(18)23(12)16/h2-10,19H,11H2,1H3,(H,25,26)/t19-/m0/s1. The van der Waals surface area contributed by atoms with Gasteiger partial charge in [0, 0.05) is 39.6 Å². The van der Waals surface area contributed by atoms with Crippen molar-refractivity contribution in [1.82, 2.24) is 4.57 Å². The van der Waals surface area contributed by atoms with Gasteiger partial charge < -0.3 is 9.67 Å². The summed E-state index contributed by atoms with van der Waals surface area (Å²) in [6.07, 6.45) is 0.235. The van der Waals surface area contributed by atoms with E-state index in [9.17, 15) is 19.1 Å². The summed E-state index contributed by atoms with van der Waals surface area (Å²) in [5, 5.41) is 9.32. The van der Waals surface area contributed by atoms with Crippen LogP contribution in [0, 0.1) is 12.7 Å². The van der Waals surface area contributed by atoms with Crippen LogP contribution in [0.5, 0.6) is 0 Å². The van der Waals surface area contributed by atoms with E-state index in [-0.39, 0.29) is 23.1 Å². The number of fused-ring (bicyclic) bond motifs is 3. The van der Waals surface area contributed by atoms with E-state index in [2.05, 4.69) is 0 Å². The van der Waals surface area contributed by atoms with Gasteiger partial charge in [-0.15, -0.1) is 11.8 Å². The highest BCUT2D eigenvalue weighted by atomic mass is 32.2. The number of aromatic carboxylic acids is 1. The Morgan fingerprint density at radius 3 is 2.63 bits per heavy atom. The maximum Gasteiger partial charge on any atom is 0.341 e. The highest BCUT2D eigenvalue weighted by Crippen LogP contribution is 2.44. The van der Waals surface area contributed by atoms with Crippen LogP contribution < -0.4 is 5.43 Å². The zero-order chi connectivity index (χ0) is 19.1. The predicted molar refractivity (Wildman–Crippen MR) is 102 cm³/mol. The van der Waals surface area contributed by atoms with Gasteiger partial charge in [-0.05, 0) is 25.1 Å². The smallest absolute Gasteiger partial charge is 0.341 e. The molecule has 0 aliphatic carbocycles. The van der Waals surface area contributed by atoms with E-state index < -0.39 is 11.4 Å². The van der Waals surface area contributed by atoms with Crippen LogP contribution in [-0.2, 0) is 6.42 Å². The number of hydrogen-bond acceptors (Lipinski definition) is 3. The Morgan fingerprint density at radius 1 is 1.19 bits per heavy atom. The summed E-state index contributed by atoms with van der Waals surface area (Å²) in [7, 11) is 0. The molecule has 0 saturated heterocycles. The number of pyridine rings is 1. The van der Waals surface area contributed by atoms with Gasteiger partial charge in [0.15, 0.2) is 5.43 Å². The average Bonchev–Trinajstić information content (AvgIpc) is 2.78. The summed E-state index contributed by atoms with van der Waals surface area (Å²) < 4.78 is 16.3. The number of rotatable bonds is 2. The number of para-hydroxylation sites is 1. The summed E-state index contributed by atoms with van der Waals surface area (Å²) >= 11 is 1.48. The maximum atomic E-state index is 14.5. The number of carbonyl (C=O) groups is 1. The largest absolute Gasteiger partial charge is 0.477 e. The molecule has 6 heteroatoms. The van der Waals surface area contributed by atoms with Crippen molar-refractivity contribution in [2.24, 2.45) is 0 Å². The first-order valence-corrected chi connectivity index (χ1v) is 9.34. The third-order valence-electron chi connectivity index (χ3n) is 4.72. The lowest BCUT2D eigenvalue weighted by Gasteiger charge is -2.19. The first kappa shape index (κ1) is 17.5. The molecule has 2 heterocycles. The highest BCUT2D eigenvalue weighted by molar-refractivity contribution is 7.99. The molecule has 27 heavy (non-hydrogen) atoms. The van der Waals surface area contributed by atoms with Crippen LogP contribution in [-0.4, -0.2) is 15.6 Å². The fourth-order valence-electron chi connectivity index (χ4n) is 3.57. The van der Waals surface area contributed by atoms with Crippen LogP contribution in [0.4, 0.5) is 4.39 Å². The molecule has 4 rings (SSSR count). The van der Waals surface area contributed by atoms with Crippen molar-refractivity contribution < 1.29 is 14.3 Å². The summed E-state index contributed by atoms with van der Waals surface area (Å²) in [4.78, 5) is 25.2. The monoisotopic (exact) mass is 381 g/mol. The van der Waals surface area contributed by atoms with Crippen LogP contribution in [0.15, 0.2) is 64.3 Å². The fraction of sp³-hybridized carbons (Fsp3) is 0.143. The molecule has 0 unspecified atom stereocenters. The second kappa shape index (κ2) is 6.70. The Bertz CT molecular complexity index is 1120. The van der Waals surface area contributed by atoms with Crippen LogP contribution >= 0.6 is 11.8 Å². The van der Waals surface area contributed by atoms with E-state index in [1.807, 2.05) is 28.8 Å². The molecular formula is C21H16FNO3S. The number of thioether (sulfide) groups is 1. The quantitative estimate of drug-likeness (QED) is 0.716. The molecule has 0 saturated carbocycles. The van der Waals surface area contributed by atoms with Gasteiger partial charge in [0.05, 0.1) is 5.69 Å². The molecule has 3 aromatic rings. The lowest BCUT2D eigenvalue weighted by atomic mass is 10.0. The van der Waals surface area contributed by atoms with Crippen LogP contribution in [0.2, 0.25) is 0 Å². The molecule has 1 N–H and O–H groups in total. The van der Waals surface area contributed by atoms with E-state index in [4.69, 9.17) is 0 Å². The number of aryl methyl sites for hydroxylation is 1. The molecule has 0 spiro atoms. The number of carboxylic acids is 1. The molecule has 0 radical (unpaired) electrons. The summed E-state index contributed by atoms with van der Waals surface area (Å²) in [5.74, 6) is -1.60. The number of carboxylic acid groups (broad SMARTS) is 1. The molecule has 1 aliphatic heterocycles. The molecular weight excluding hydrogens is 365 g/mol. The predicted octanol–water partition coefficient (Wildman–Crippen LogP) is 4.37. The van der Waals surface area contributed by atoms with Gasteiger partial charge in [-0.1, -0.05) is 30.3 Å². The first-order valence-electron chi connectivity index (χ1n) is 8.46. The molecule has 1 atom stereocenters. The lowest BCUT2D eigenvalue weighted by Crippen LogP contribution is -2.24. The molecule has 4 nitrogen and oxygen atoms in total. The summed E-state index contributed by atoms with van der Waals surface area (Å²) in [6, 6.07) is 15.4. The number of hydrogen-bond donors (Lipinski definition) is 1. The zero-order valence-electron chi connectivity index (χ0n) is 14.5. The van der Waals surface area contributed by atoms with Crippen molar-refractivity contribution in [3.05, 3.63) is 93.2 Å². The van der Waals surface area contributed by atoms with Crippen molar-refractivity contribution >= 4 is 17.7 Å². The molecule has 1 aliphatic rings. The Balaban J connectivity index is 2.05. The molecule has 136 valence electrons. The third-order valence-corrected chi connectivity index (χ3v) is 6.02. The van der Waals surface area contributed by atoms with Crippen molar-refractivity contribution in [3.8, 4) is 5.69 Å². The van der Waals surface area contributed by atoms with Crippen LogP contribution in [0.1, 0.15) is 32.6 Å². The summed E-state index contributed by atoms with van der Waals surface area (Å²) in [6.45, 7) is 1.78. The van der Waals surface area contributed by atoms with Gasteiger partial charge in [0.1, 0.15) is 11.4 Å². The number of benzene rings is 2. The van der Waals surface area contributed by atoms with Gasteiger partial charge >= 0.3 is 5.97 Å². The lowest BCUT2D eigenvalue weighted by molar-refractivity contribution is 0.0693. The fourth-order valence-corrected chi connectivity index (χ4v) is 4.88. The minimum Gasteiger partial charge on any atom is -0.477 e. The van der Waals surface area contributed by atoms with Gasteiger partial charge in [-0.3, -0.25) is 4.79 Å². The van der Waals surface area contributed by atoms with E-state index in [1.165, 1.54) is 23.9 Å². The molecule has 0 fully saturated rings. The number of nitrogens with zero attached hydrogens (tertiary/aromatic N) is 1. The van der Waals surface area contributed by atoms with Crippen LogP contribution in [0.25, 0.3) is 5.69 Å². The molecule has 1 aromatic heterocycles. The van der Waals surface area contributed by atoms with Crippen molar-refractivity contribution in [1.29, 1.82) is 0 Å².